The van der Waals surface area contributed by atoms with Gasteiger partial charge in [-0.3, -0.25) is 0 Å². The number of nitrogens with zero attached hydrogens (tertiary/aromatic N) is 2. The Morgan fingerprint density at radius 3 is 2.86 bits per heavy atom. The van der Waals surface area contributed by atoms with Crippen LogP contribution in [0.3, 0.4) is 0 Å². The lowest BCUT2D eigenvalue weighted by molar-refractivity contribution is 0.0526. The van der Waals surface area contributed by atoms with Crippen LogP contribution >= 0.6 is 11.6 Å². The number of halogens is 1. The molecule has 1 aromatic carbocycles. The van der Waals surface area contributed by atoms with E-state index in [9.17, 15) is 4.79 Å². The molecule has 1 heterocycles. The third-order valence-electron chi connectivity index (χ3n) is 2.99. The lowest BCUT2D eigenvalue weighted by Gasteiger charge is -2.07. The van der Waals surface area contributed by atoms with Gasteiger partial charge in [0.05, 0.1) is 22.9 Å². The first-order valence-corrected chi connectivity index (χ1v) is 7.28. The van der Waals surface area contributed by atoms with E-state index in [0.717, 1.165) is 23.5 Å². The van der Waals surface area contributed by atoms with Gasteiger partial charge in [-0.1, -0.05) is 30.7 Å². The van der Waals surface area contributed by atoms with Gasteiger partial charge < -0.3 is 4.74 Å². The predicted molar refractivity (Wildman–Crippen MR) is 81.6 cm³/mol. The monoisotopic (exact) mass is 304 g/mol. The summed E-state index contributed by atoms with van der Waals surface area (Å²) in [6, 6.07) is 7.31. The van der Waals surface area contributed by atoms with Crippen molar-refractivity contribution in [1.82, 2.24) is 9.97 Å². The Bertz CT molecular complexity index is 644. The van der Waals surface area contributed by atoms with Crippen LogP contribution in [0.4, 0.5) is 0 Å². The SMILES string of the molecule is CCOC(=O)c1cccc(Cc2nc(CC)ncc2Cl)c1. The van der Waals surface area contributed by atoms with Gasteiger partial charge >= 0.3 is 5.97 Å². The third kappa shape index (κ3) is 4.02. The Morgan fingerprint density at radius 2 is 2.14 bits per heavy atom. The number of aromatic nitrogens is 2. The van der Waals surface area contributed by atoms with Gasteiger partial charge in [0.15, 0.2) is 0 Å². The van der Waals surface area contributed by atoms with E-state index < -0.39 is 0 Å². The molecule has 0 amide bonds. The van der Waals surface area contributed by atoms with Crippen molar-refractivity contribution < 1.29 is 9.53 Å². The Hall–Kier alpha value is -1.94. The maximum atomic E-state index is 11.7. The molecule has 0 atom stereocenters. The van der Waals surface area contributed by atoms with Crippen molar-refractivity contribution in [2.24, 2.45) is 0 Å². The molecule has 0 N–H and O–H groups in total. The molecule has 0 aliphatic rings. The van der Waals surface area contributed by atoms with Gasteiger partial charge in [-0.05, 0) is 24.6 Å². The molecule has 0 aliphatic heterocycles. The van der Waals surface area contributed by atoms with Crippen LogP contribution in [0, 0.1) is 0 Å². The first-order chi connectivity index (χ1) is 10.1. The van der Waals surface area contributed by atoms with E-state index in [1.807, 2.05) is 25.1 Å². The highest BCUT2D eigenvalue weighted by molar-refractivity contribution is 6.31. The number of carbonyl (C=O) groups excluding carboxylic acids is 1. The molecule has 1 aromatic heterocycles. The van der Waals surface area contributed by atoms with E-state index in [4.69, 9.17) is 16.3 Å². The highest BCUT2D eigenvalue weighted by Crippen LogP contribution is 2.18. The topological polar surface area (TPSA) is 52.1 Å². The summed E-state index contributed by atoms with van der Waals surface area (Å²) in [4.78, 5) is 20.3. The van der Waals surface area contributed by atoms with E-state index >= 15 is 0 Å². The molecule has 2 aromatic rings. The standard InChI is InChI=1S/C16H17ClN2O2/c1-3-15-18-10-13(17)14(19-15)9-11-6-5-7-12(8-11)16(20)21-4-2/h5-8,10H,3-4,9H2,1-2H3. The summed E-state index contributed by atoms with van der Waals surface area (Å²) in [5, 5.41) is 0.536. The van der Waals surface area contributed by atoms with Crippen LogP contribution in [0.1, 0.15) is 41.3 Å². The van der Waals surface area contributed by atoms with Gasteiger partial charge in [0.1, 0.15) is 5.82 Å². The van der Waals surface area contributed by atoms with Crippen LogP contribution in [0.25, 0.3) is 0 Å². The van der Waals surface area contributed by atoms with E-state index in [-0.39, 0.29) is 5.97 Å². The normalized spacial score (nSPS) is 10.4. The Balaban J connectivity index is 2.24. The highest BCUT2D eigenvalue weighted by atomic mass is 35.5. The zero-order chi connectivity index (χ0) is 15.2. The summed E-state index contributed by atoms with van der Waals surface area (Å²) in [7, 11) is 0. The zero-order valence-electron chi connectivity index (χ0n) is 12.1. The fourth-order valence-electron chi connectivity index (χ4n) is 1.95. The van der Waals surface area contributed by atoms with Crippen LogP contribution in [0.15, 0.2) is 30.5 Å². The highest BCUT2D eigenvalue weighted by Gasteiger charge is 2.10. The average molecular weight is 305 g/mol. The summed E-state index contributed by atoms with van der Waals surface area (Å²) in [5.74, 6) is 0.443. The minimum absolute atomic E-state index is 0.317. The van der Waals surface area contributed by atoms with Crippen molar-refractivity contribution in [3.8, 4) is 0 Å². The van der Waals surface area contributed by atoms with Crippen LogP contribution in [0.5, 0.6) is 0 Å². The molecule has 0 saturated carbocycles. The summed E-state index contributed by atoms with van der Waals surface area (Å²) < 4.78 is 5.00. The third-order valence-corrected chi connectivity index (χ3v) is 3.31. The van der Waals surface area contributed by atoms with Gasteiger partial charge in [-0.25, -0.2) is 14.8 Å². The van der Waals surface area contributed by atoms with E-state index in [1.165, 1.54) is 0 Å². The van der Waals surface area contributed by atoms with Crippen molar-refractivity contribution in [2.45, 2.75) is 26.7 Å². The maximum absolute atomic E-state index is 11.7. The zero-order valence-corrected chi connectivity index (χ0v) is 12.9. The molecule has 0 spiro atoms. The smallest absolute Gasteiger partial charge is 0.338 e. The molecule has 0 bridgehead atoms. The molecule has 4 nitrogen and oxygen atoms in total. The molecular formula is C16H17ClN2O2. The molecule has 5 heteroatoms. The van der Waals surface area contributed by atoms with Gasteiger partial charge in [-0.2, -0.15) is 0 Å². The number of benzene rings is 1. The molecule has 0 fully saturated rings. The van der Waals surface area contributed by atoms with Crippen LogP contribution in [-0.4, -0.2) is 22.5 Å². The minimum atomic E-state index is -0.317. The first kappa shape index (κ1) is 15.4. The van der Waals surface area contributed by atoms with Gasteiger partial charge in [0.25, 0.3) is 0 Å². The molecule has 21 heavy (non-hydrogen) atoms. The summed E-state index contributed by atoms with van der Waals surface area (Å²) in [6.07, 6.45) is 2.94. The summed E-state index contributed by atoms with van der Waals surface area (Å²) >= 11 is 6.14. The number of hydrogen-bond acceptors (Lipinski definition) is 4. The number of rotatable bonds is 5. The number of ether oxygens (including phenoxy) is 1. The predicted octanol–water partition coefficient (Wildman–Crippen LogP) is 3.46. The second-order valence-electron chi connectivity index (χ2n) is 4.53. The lowest BCUT2D eigenvalue weighted by Crippen LogP contribution is -2.05. The largest absolute Gasteiger partial charge is 0.462 e. The molecule has 0 aliphatic carbocycles. The van der Waals surface area contributed by atoms with Crippen molar-refractivity contribution in [3.63, 3.8) is 0 Å². The molecule has 2 rings (SSSR count). The fourth-order valence-corrected chi connectivity index (χ4v) is 2.11. The van der Waals surface area contributed by atoms with Gasteiger partial charge in [-0.15, -0.1) is 0 Å². The minimum Gasteiger partial charge on any atom is -0.462 e. The van der Waals surface area contributed by atoms with Crippen molar-refractivity contribution in [3.05, 3.63) is 58.1 Å². The molecule has 110 valence electrons. The van der Waals surface area contributed by atoms with Crippen molar-refractivity contribution in [1.29, 1.82) is 0 Å². The number of carbonyl (C=O) groups is 1. The van der Waals surface area contributed by atoms with Crippen molar-refractivity contribution in [2.75, 3.05) is 6.61 Å². The lowest BCUT2D eigenvalue weighted by atomic mass is 10.1. The van der Waals surface area contributed by atoms with Crippen LogP contribution < -0.4 is 0 Å². The molecule has 0 saturated heterocycles. The first-order valence-electron chi connectivity index (χ1n) is 6.90. The number of esters is 1. The average Bonchev–Trinajstić information content (AvgIpc) is 2.50. The Kier molecular flexibility index (Phi) is 5.28. The summed E-state index contributed by atoms with van der Waals surface area (Å²) in [5.41, 5.74) is 2.27. The van der Waals surface area contributed by atoms with Crippen LogP contribution in [0.2, 0.25) is 5.02 Å². The van der Waals surface area contributed by atoms with Gasteiger partial charge in [0, 0.05) is 19.0 Å². The van der Waals surface area contributed by atoms with Gasteiger partial charge in [0.2, 0.25) is 0 Å². The molecule has 0 radical (unpaired) electrons. The maximum Gasteiger partial charge on any atom is 0.338 e. The van der Waals surface area contributed by atoms with Crippen molar-refractivity contribution >= 4 is 17.6 Å². The second-order valence-corrected chi connectivity index (χ2v) is 4.94. The summed E-state index contributed by atoms with van der Waals surface area (Å²) in [6.45, 7) is 4.14. The molecule has 0 unspecified atom stereocenters. The number of aryl methyl sites for hydroxylation is 1. The number of hydrogen-bond donors (Lipinski definition) is 0. The van der Waals surface area contributed by atoms with E-state index in [1.54, 1.807) is 19.2 Å². The van der Waals surface area contributed by atoms with E-state index in [0.29, 0.717) is 23.6 Å². The second kappa shape index (κ2) is 7.18. The Morgan fingerprint density at radius 1 is 1.33 bits per heavy atom. The van der Waals surface area contributed by atoms with E-state index in [2.05, 4.69) is 9.97 Å². The molecular weight excluding hydrogens is 288 g/mol. The quantitative estimate of drug-likeness (QED) is 0.794. The van der Waals surface area contributed by atoms with Crippen LogP contribution in [-0.2, 0) is 17.6 Å². The fraction of sp³-hybridized carbons (Fsp3) is 0.312. The Labute approximate surface area is 129 Å².